The van der Waals surface area contributed by atoms with Crippen LogP contribution in [0.5, 0.6) is 0 Å². The first-order valence-electron chi connectivity index (χ1n) is 8.56. The monoisotopic (exact) mass is 383 g/mol. The fourth-order valence-electron chi connectivity index (χ4n) is 3.62. The van der Waals surface area contributed by atoms with Gasteiger partial charge < -0.3 is 20.0 Å². The maximum absolute atomic E-state index is 12.3. The van der Waals surface area contributed by atoms with Crippen LogP contribution < -0.4 is 0 Å². The van der Waals surface area contributed by atoms with Crippen molar-refractivity contribution in [3.8, 4) is 0 Å². The van der Waals surface area contributed by atoms with E-state index < -0.39 is 18.0 Å². The second-order valence-electron chi connectivity index (χ2n) is 6.73. The van der Waals surface area contributed by atoms with E-state index in [1.54, 1.807) is 18.9 Å². The second kappa shape index (κ2) is 8.22. The molecule has 0 aliphatic carbocycles. The summed E-state index contributed by atoms with van der Waals surface area (Å²) < 4.78 is 0. The molecule has 0 aromatic carbocycles. The second-order valence-corrected chi connectivity index (χ2v) is 8.07. The third-order valence-corrected chi connectivity index (χ3v) is 6.51. The van der Waals surface area contributed by atoms with E-state index >= 15 is 0 Å². The Labute approximate surface area is 156 Å². The molecular formula is C17H25N3O5S. The summed E-state index contributed by atoms with van der Waals surface area (Å²) in [5.41, 5.74) is 0.0389. The van der Waals surface area contributed by atoms with Gasteiger partial charge in [-0.05, 0) is 13.3 Å². The molecule has 8 nitrogen and oxygen atoms in total. The number of aliphatic hydroxyl groups excluding tert-OH is 1. The first kappa shape index (κ1) is 20.4. The van der Waals surface area contributed by atoms with Crippen LogP contribution in [0.1, 0.15) is 27.2 Å². The Morgan fingerprint density at radius 3 is 2.65 bits per heavy atom. The average molecular weight is 383 g/mol. The van der Waals surface area contributed by atoms with Crippen LogP contribution >= 0.6 is 11.8 Å². The number of aliphatic hydroxyl groups is 1. The van der Waals surface area contributed by atoms with Gasteiger partial charge in [-0.1, -0.05) is 13.8 Å². The summed E-state index contributed by atoms with van der Waals surface area (Å²) in [6, 6.07) is -0.303. The van der Waals surface area contributed by atoms with Crippen LogP contribution in [0.4, 0.5) is 0 Å². The van der Waals surface area contributed by atoms with Gasteiger partial charge in [-0.2, -0.15) is 0 Å². The molecule has 2 aliphatic heterocycles. The molecule has 0 radical (unpaired) electrons. The number of carbonyl (C=O) groups excluding carboxylic acids is 2. The number of nitrogens with zero attached hydrogens (tertiary/aromatic N) is 3. The predicted molar refractivity (Wildman–Crippen MR) is 98.5 cm³/mol. The molecule has 26 heavy (non-hydrogen) atoms. The van der Waals surface area contributed by atoms with Crippen LogP contribution in [-0.2, 0) is 14.4 Å². The Morgan fingerprint density at radius 1 is 1.50 bits per heavy atom. The summed E-state index contributed by atoms with van der Waals surface area (Å²) in [6.07, 6.45) is 1.87. The highest BCUT2D eigenvalue weighted by Crippen LogP contribution is 2.51. The lowest BCUT2D eigenvalue weighted by molar-refractivity contribution is -0.163. The quantitative estimate of drug-likeness (QED) is 0.262. The van der Waals surface area contributed by atoms with Gasteiger partial charge in [0.2, 0.25) is 12.3 Å². The van der Waals surface area contributed by atoms with Crippen molar-refractivity contribution in [2.75, 3.05) is 13.6 Å². The molecule has 1 saturated heterocycles. The molecule has 0 spiro atoms. The Kier molecular flexibility index (Phi) is 6.46. The highest BCUT2D eigenvalue weighted by molar-refractivity contribution is 8.03. The van der Waals surface area contributed by atoms with Crippen molar-refractivity contribution < 1.29 is 24.6 Å². The number of amides is 2. The number of aliphatic carboxylic acids is 1. The fraction of sp³-hybridized carbons (Fsp3) is 0.647. The lowest BCUT2D eigenvalue weighted by atomic mass is 9.79. The fourth-order valence-corrected chi connectivity index (χ4v) is 5.10. The van der Waals surface area contributed by atoms with Crippen LogP contribution in [0.3, 0.4) is 0 Å². The SMILES string of the molecule is CCC(CN(C)/C=N\C=O)SC1=C(C(=O)O)N2C(=O)[C@H]([C@@H](C)O)[C@H]2[C@H]1C. The summed E-state index contributed by atoms with van der Waals surface area (Å²) >= 11 is 1.45. The van der Waals surface area contributed by atoms with Crippen LogP contribution in [0.2, 0.25) is 0 Å². The smallest absolute Gasteiger partial charge is 0.353 e. The molecule has 144 valence electrons. The van der Waals surface area contributed by atoms with Gasteiger partial charge in [0.05, 0.1) is 24.4 Å². The van der Waals surface area contributed by atoms with Gasteiger partial charge in [0.25, 0.3) is 0 Å². The van der Waals surface area contributed by atoms with Crippen molar-refractivity contribution in [1.82, 2.24) is 9.80 Å². The molecule has 2 heterocycles. The van der Waals surface area contributed by atoms with E-state index in [1.807, 2.05) is 13.8 Å². The minimum atomic E-state index is -1.12. The zero-order valence-electron chi connectivity index (χ0n) is 15.3. The summed E-state index contributed by atoms with van der Waals surface area (Å²) in [5, 5.41) is 19.6. The number of fused-ring (bicyclic) bond motifs is 1. The zero-order chi connectivity index (χ0) is 19.6. The number of aliphatic imine (C=N–C) groups is 1. The number of hydrogen-bond donors (Lipinski definition) is 2. The lowest BCUT2D eigenvalue weighted by Gasteiger charge is -2.46. The molecule has 0 bridgehead atoms. The molecule has 0 aromatic heterocycles. The Balaban J connectivity index is 2.23. The first-order valence-corrected chi connectivity index (χ1v) is 9.44. The molecule has 2 amide bonds. The van der Waals surface area contributed by atoms with Gasteiger partial charge in [-0.25, -0.2) is 9.79 Å². The minimum Gasteiger partial charge on any atom is -0.477 e. The molecular weight excluding hydrogens is 358 g/mol. The van der Waals surface area contributed by atoms with E-state index in [0.29, 0.717) is 17.9 Å². The Hall–Kier alpha value is -1.87. The third-order valence-electron chi connectivity index (χ3n) is 4.88. The molecule has 1 unspecified atom stereocenters. The minimum absolute atomic E-state index is 0.0389. The summed E-state index contributed by atoms with van der Waals surface area (Å²) in [5.74, 6) is -2.15. The molecule has 1 fully saturated rings. The van der Waals surface area contributed by atoms with Crippen molar-refractivity contribution >= 4 is 36.4 Å². The van der Waals surface area contributed by atoms with Crippen LogP contribution in [0.25, 0.3) is 0 Å². The van der Waals surface area contributed by atoms with E-state index in [-0.39, 0.29) is 28.8 Å². The van der Waals surface area contributed by atoms with Crippen molar-refractivity contribution in [3.63, 3.8) is 0 Å². The van der Waals surface area contributed by atoms with E-state index in [0.717, 1.165) is 6.42 Å². The van der Waals surface area contributed by atoms with Gasteiger partial charge in [-0.3, -0.25) is 9.59 Å². The first-order chi connectivity index (χ1) is 12.2. The normalized spacial score (nSPS) is 27.3. The highest BCUT2D eigenvalue weighted by Gasteiger charge is 2.60. The maximum Gasteiger partial charge on any atom is 0.353 e. The molecule has 2 N–H and O–H groups in total. The van der Waals surface area contributed by atoms with Crippen LogP contribution in [0.15, 0.2) is 15.6 Å². The Morgan fingerprint density at radius 2 is 2.15 bits per heavy atom. The number of β-lactam (4-membered cyclic amide) rings is 1. The van der Waals surface area contributed by atoms with Gasteiger partial charge in [0, 0.05) is 29.7 Å². The number of carboxylic acids is 1. The van der Waals surface area contributed by atoms with E-state index in [1.165, 1.54) is 23.0 Å². The van der Waals surface area contributed by atoms with E-state index in [2.05, 4.69) is 4.99 Å². The van der Waals surface area contributed by atoms with Gasteiger partial charge in [0.1, 0.15) is 5.70 Å². The summed E-state index contributed by atoms with van der Waals surface area (Å²) in [4.78, 5) is 41.8. The van der Waals surface area contributed by atoms with Crippen molar-refractivity contribution in [2.45, 2.75) is 44.6 Å². The van der Waals surface area contributed by atoms with Crippen molar-refractivity contribution in [2.24, 2.45) is 16.8 Å². The third kappa shape index (κ3) is 3.64. The average Bonchev–Trinajstić information content (AvgIpc) is 2.81. The highest BCUT2D eigenvalue weighted by atomic mass is 32.2. The topological polar surface area (TPSA) is 111 Å². The van der Waals surface area contributed by atoms with Gasteiger partial charge in [-0.15, -0.1) is 11.8 Å². The van der Waals surface area contributed by atoms with E-state index in [4.69, 9.17) is 0 Å². The molecule has 2 aliphatic rings. The summed E-state index contributed by atoms with van der Waals surface area (Å²) in [6.45, 7) is 6.05. The van der Waals surface area contributed by atoms with Crippen LogP contribution in [0, 0.1) is 11.8 Å². The number of carbonyl (C=O) groups is 3. The lowest BCUT2D eigenvalue weighted by Crippen LogP contribution is -2.63. The van der Waals surface area contributed by atoms with E-state index in [9.17, 15) is 24.6 Å². The maximum atomic E-state index is 12.3. The standard InChI is InChI=1S/C17H25N3O5S/c1-5-11(6-19(4)7-18-8-21)26-15-9(2)13-12(10(3)22)16(23)20(13)14(15)17(24)25/h7-13,22H,5-6H2,1-4H3,(H,24,25)/b18-7-/t9-,10-,11?,12-,13-/m1/s1. The number of rotatable bonds is 9. The molecule has 5 atom stereocenters. The van der Waals surface area contributed by atoms with Crippen molar-refractivity contribution in [3.05, 3.63) is 10.6 Å². The van der Waals surface area contributed by atoms with Gasteiger partial charge in [0.15, 0.2) is 0 Å². The Bertz CT molecular complexity index is 648. The van der Waals surface area contributed by atoms with Crippen LogP contribution in [-0.4, -0.2) is 75.6 Å². The largest absolute Gasteiger partial charge is 0.477 e. The molecule has 0 aromatic rings. The van der Waals surface area contributed by atoms with Gasteiger partial charge >= 0.3 is 5.97 Å². The summed E-state index contributed by atoms with van der Waals surface area (Å²) in [7, 11) is 1.79. The zero-order valence-corrected chi connectivity index (χ0v) is 16.1. The number of hydrogen-bond acceptors (Lipinski definition) is 5. The van der Waals surface area contributed by atoms with Crippen molar-refractivity contribution in [1.29, 1.82) is 0 Å². The number of carboxylic acid groups (broad SMARTS) is 1. The number of thioether (sulfide) groups is 1. The predicted octanol–water partition coefficient (Wildman–Crippen LogP) is 0.768. The molecule has 2 rings (SSSR count). The molecule has 0 saturated carbocycles. The molecule has 9 heteroatoms.